The monoisotopic (exact) mass is 379 g/mol. The van der Waals surface area contributed by atoms with E-state index in [2.05, 4.69) is 28.1 Å². The SMILES string of the molecule is O=C(Nc1ccc(Nc2ccccc2)cc1)Nc1ccc(-c2ccccc2)cc1. The van der Waals surface area contributed by atoms with Crippen LogP contribution in [0.4, 0.5) is 27.5 Å². The van der Waals surface area contributed by atoms with Crippen LogP contribution in [0.2, 0.25) is 0 Å². The normalized spacial score (nSPS) is 10.2. The first-order valence-corrected chi connectivity index (χ1v) is 9.42. The second-order valence-corrected chi connectivity index (χ2v) is 6.59. The van der Waals surface area contributed by atoms with Crippen LogP contribution in [0, 0.1) is 0 Å². The standard InChI is InChI=1S/C25H21N3O/c29-25(27-23-13-11-20(12-14-23)19-7-3-1-4-8-19)28-24-17-15-22(16-18-24)26-21-9-5-2-6-10-21/h1-18,26H,(H2,27,28,29). The lowest BCUT2D eigenvalue weighted by atomic mass is 10.1. The van der Waals surface area contributed by atoms with Gasteiger partial charge in [-0.1, -0.05) is 60.7 Å². The minimum Gasteiger partial charge on any atom is -0.356 e. The molecule has 3 N–H and O–H groups in total. The average molecular weight is 379 g/mol. The number of carbonyl (C=O) groups is 1. The Morgan fingerprint density at radius 2 is 0.862 bits per heavy atom. The molecular weight excluding hydrogens is 358 g/mol. The zero-order valence-corrected chi connectivity index (χ0v) is 15.8. The molecule has 0 saturated heterocycles. The first kappa shape index (κ1) is 18.3. The average Bonchev–Trinajstić information content (AvgIpc) is 2.77. The molecule has 29 heavy (non-hydrogen) atoms. The number of anilines is 4. The van der Waals surface area contributed by atoms with E-state index in [1.165, 1.54) is 0 Å². The van der Waals surface area contributed by atoms with Gasteiger partial charge in [-0.3, -0.25) is 0 Å². The highest BCUT2D eigenvalue weighted by Crippen LogP contribution is 2.22. The van der Waals surface area contributed by atoms with E-state index in [4.69, 9.17) is 0 Å². The van der Waals surface area contributed by atoms with E-state index in [1.807, 2.05) is 97.1 Å². The van der Waals surface area contributed by atoms with Gasteiger partial charge in [0.15, 0.2) is 0 Å². The van der Waals surface area contributed by atoms with Crippen LogP contribution in [0.1, 0.15) is 0 Å². The van der Waals surface area contributed by atoms with Crippen molar-refractivity contribution in [3.05, 3.63) is 109 Å². The Morgan fingerprint density at radius 1 is 0.448 bits per heavy atom. The Balaban J connectivity index is 1.33. The summed E-state index contributed by atoms with van der Waals surface area (Å²) in [4.78, 5) is 12.3. The lowest BCUT2D eigenvalue weighted by molar-refractivity contribution is 0.262. The maximum atomic E-state index is 12.3. The molecular formula is C25H21N3O. The lowest BCUT2D eigenvalue weighted by Gasteiger charge is -2.10. The van der Waals surface area contributed by atoms with Crippen LogP contribution < -0.4 is 16.0 Å². The van der Waals surface area contributed by atoms with Crippen molar-refractivity contribution < 1.29 is 4.79 Å². The fraction of sp³-hybridized carbons (Fsp3) is 0. The van der Waals surface area contributed by atoms with E-state index >= 15 is 0 Å². The van der Waals surface area contributed by atoms with Gasteiger partial charge in [0.1, 0.15) is 0 Å². The Hall–Kier alpha value is -4.05. The summed E-state index contributed by atoms with van der Waals surface area (Å²) >= 11 is 0. The van der Waals surface area contributed by atoms with Crippen LogP contribution in [0.5, 0.6) is 0 Å². The van der Waals surface area contributed by atoms with Crippen LogP contribution in [0.3, 0.4) is 0 Å². The Labute approximate surface area is 170 Å². The van der Waals surface area contributed by atoms with Gasteiger partial charge >= 0.3 is 6.03 Å². The van der Waals surface area contributed by atoms with E-state index in [9.17, 15) is 4.79 Å². The number of hydrogen-bond donors (Lipinski definition) is 3. The highest BCUT2D eigenvalue weighted by Gasteiger charge is 2.04. The van der Waals surface area contributed by atoms with Crippen molar-refractivity contribution in [1.82, 2.24) is 0 Å². The van der Waals surface area contributed by atoms with Gasteiger partial charge in [0.25, 0.3) is 0 Å². The van der Waals surface area contributed by atoms with Crippen LogP contribution in [0.25, 0.3) is 11.1 Å². The third kappa shape index (κ3) is 5.02. The molecule has 142 valence electrons. The number of nitrogens with one attached hydrogen (secondary N) is 3. The van der Waals surface area contributed by atoms with E-state index in [-0.39, 0.29) is 6.03 Å². The van der Waals surface area contributed by atoms with E-state index in [0.717, 1.165) is 33.9 Å². The topological polar surface area (TPSA) is 53.2 Å². The molecule has 0 heterocycles. The molecule has 2 amide bonds. The van der Waals surface area contributed by atoms with Gasteiger partial charge in [0.2, 0.25) is 0 Å². The summed E-state index contributed by atoms with van der Waals surface area (Å²) in [7, 11) is 0. The maximum absolute atomic E-state index is 12.3. The molecule has 0 saturated carbocycles. The van der Waals surface area contributed by atoms with Crippen LogP contribution in [0.15, 0.2) is 109 Å². The summed E-state index contributed by atoms with van der Waals surface area (Å²) in [5.74, 6) is 0. The molecule has 0 aliphatic heterocycles. The van der Waals surface area contributed by atoms with Gasteiger partial charge in [0, 0.05) is 22.7 Å². The highest BCUT2D eigenvalue weighted by atomic mass is 16.2. The lowest BCUT2D eigenvalue weighted by Crippen LogP contribution is -2.19. The Bertz CT molecular complexity index is 1060. The smallest absolute Gasteiger partial charge is 0.323 e. The van der Waals surface area contributed by atoms with Crippen molar-refractivity contribution in [2.75, 3.05) is 16.0 Å². The predicted molar refractivity (Wildman–Crippen MR) is 121 cm³/mol. The summed E-state index contributed by atoms with van der Waals surface area (Å²) in [6.07, 6.45) is 0. The van der Waals surface area contributed by atoms with Crippen molar-refractivity contribution in [1.29, 1.82) is 0 Å². The summed E-state index contributed by atoms with van der Waals surface area (Å²) in [6.45, 7) is 0. The summed E-state index contributed by atoms with van der Waals surface area (Å²) in [5, 5.41) is 9.02. The number of amides is 2. The van der Waals surface area contributed by atoms with Crippen molar-refractivity contribution >= 4 is 28.8 Å². The number of urea groups is 1. The molecule has 0 unspecified atom stereocenters. The second-order valence-electron chi connectivity index (χ2n) is 6.59. The molecule has 0 aliphatic rings. The van der Waals surface area contributed by atoms with Gasteiger partial charge < -0.3 is 16.0 Å². The number of carbonyl (C=O) groups excluding carboxylic acids is 1. The number of para-hydroxylation sites is 1. The molecule has 4 aromatic rings. The fourth-order valence-electron chi connectivity index (χ4n) is 3.00. The van der Waals surface area contributed by atoms with Crippen molar-refractivity contribution in [3.8, 4) is 11.1 Å². The predicted octanol–water partition coefficient (Wildman–Crippen LogP) is 6.74. The third-order valence-corrected chi connectivity index (χ3v) is 4.46. The number of hydrogen-bond acceptors (Lipinski definition) is 2. The van der Waals surface area contributed by atoms with Crippen molar-refractivity contribution in [2.45, 2.75) is 0 Å². The molecule has 0 spiro atoms. The number of rotatable bonds is 5. The minimum absolute atomic E-state index is 0.277. The molecule has 0 aliphatic carbocycles. The molecule has 4 heteroatoms. The van der Waals surface area contributed by atoms with Gasteiger partial charge in [0.05, 0.1) is 0 Å². The van der Waals surface area contributed by atoms with E-state index in [0.29, 0.717) is 0 Å². The van der Waals surface area contributed by atoms with Crippen LogP contribution in [-0.2, 0) is 0 Å². The summed E-state index contributed by atoms with van der Waals surface area (Å²) in [5.41, 5.74) is 5.70. The van der Waals surface area contributed by atoms with Gasteiger partial charge in [-0.2, -0.15) is 0 Å². The fourth-order valence-corrected chi connectivity index (χ4v) is 3.00. The first-order chi connectivity index (χ1) is 14.3. The third-order valence-electron chi connectivity index (χ3n) is 4.46. The Morgan fingerprint density at radius 3 is 1.45 bits per heavy atom. The largest absolute Gasteiger partial charge is 0.356 e. The zero-order valence-electron chi connectivity index (χ0n) is 15.8. The van der Waals surface area contributed by atoms with Gasteiger partial charge in [-0.25, -0.2) is 4.79 Å². The molecule has 0 radical (unpaired) electrons. The van der Waals surface area contributed by atoms with Gasteiger partial charge in [-0.05, 0) is 59.7 Å². The maximum Gasteiger partial charge on any atom is 0.323 e. The summed E-state index contributed by atoms with van der Waals surface area (Å²) < 4.78 is 0. The van der Waals surface area contributed by atoms with E-state index < -0.39 is 0 Å². The first-order valence-electron chi connectivity index (χ1n) is 9.42. The highest BCUT2D eigenvalue weighted by molar-refractivity contribution is 6.00. The van der Waals surface area contributed by atoms with Crippen molar-refractivity contribution in [3.63, 3.8) is 0 Å². The summed E-state index contributed by atoms with van der Waals surface area (Å²) in [6, 6.07) is 35.2. The molecule has 0 fully saturated rings. The molecule has 0 aromatic heterocycles. The zero-order chi connectivity index (χ0) is 19.9. The van der Waals surface area contributed by atoms with Crippen LogP contribution >= 0.6 is 0 Å². The van der Waals surface area contributed by atoms with Gasteiger partial charge in [-0.15, -0.1) is 0 Å². The quantitative estimate of drug-likeness (QED) is 0.359. The molecule has 0 bridgehead atoms. The minimum atomic E-state index is -0.277. The number of benzene rings is 4. The van der Waals surface area contributed by atoms with Crippen LogP contribution in [-0.4, -0.2) is 6.03 Å². The molecule has 4 rings (SSSR count). The van der Waals surface area contributed by atoms with E-state index in [1.54, 1.807) is 0 Å². The van der Waals surface area contributed by atoms with Crippen molar-refractivity contribution in [2.24, 2.45) is 0 Å². The second kappa shape index (κ2) is 8.76. The molecule has 4 nitrogen and oxygen atoms in total. The molecule has 0 atom stereocenters. The Kier molecular flexibility index (Phi) is 5.53. The molecule has 4 aromatic carbocycles.